The van der Waals surface area contributed by atoms with E-state index in [-0.39, 0.29) is 13.0 Å². The number of carboxylic acid groups (broad SMARTS) is 1. The number of carboxylic acids is 1. The molecule has 0 aliphatic carbocycles. The fraction of sp³-hybridized carbons (Fsp3) is 0.818. The summed E-state index contributed by atoms with van der Waals surface area (Å²) in [6, 6.07) is 0. The number of carbonyl (C=O) groups is 2. The number of hydrogen-bond acceptors (Lipinski definition) is 4. The maximum Gasteiger partial charge on any atom is 0.332 e. The molecule has 0 aromatic carbocycles. The van der Waals surface area contributed by atoms with Gasteiger partial charge in [-0.2, -0.15) is 0 Å². The van der Waals surface area contributed by atoms with E-state index in [1.165, 1.54) is 0 Å². The predicted molar refractivity (Wildman–Crippen MR) is 62.0 cm³/mol. The summed E-state index contributed by atoms with van der Waals surface area (Å²) in [7, 11) is 0. The molecule has 5 N–H and O–H groups in total. The Balaban J connectivity index is 3.99. The average molecular weight is 230 g/mol. The minimum atomic E-state index is -1.90. The Morgan fingerprint density at radius 3 is 2.19 bits per heavy atom. The Morgan fingerprint density at radius 2 is 1.75 bits per heavy atom. The largest absolute Gasteiger partial charge is 0.479 e. The fourth-order valence-corrected chi connectivity index (χ4v) is 1.43. The SMILES string of the molecule is CCCCCCCC(=O)C(N)(CN)C(=O)O. The summed E-state index contributed by atoms with van der Waals surface area (Å²) < 4.78 is 0. The molecule has 0 saturated carbocycles. The van der Waals surface area contributed by atoms with E-state index in [2.05, 4.69) is 6.92 Å². The Bertz CT molecular complexity index is 243. The molecule has 1 unspecified atom stereocenters. The first-order chi connectivity index (χ1) is 7.49. The van der Waals surface area contributed by atoms with Gasteiger partial charge in [0.15, 0.2) is 11.3 Å². The molecule has 5 heteroatoms. The van der Waals surface area contributed by atoms with Gasteiger partial charge in [0.25, 0.3) is 0 Å². The van der Waals surface area contributed by atoms with Crippen molar-refractivity contribution in [1.82, 2.24) is 0 Å². The summed E-state index contributed by atoms with van der Waals surface area (Å²) in [5, 5.41) is 8.82. The Kier molecular flexibility index (Phi) is 6.92. The number of hydrogen-bond donors (Lipinski definition) is 3. The zero-order valence-electron chi connectivity index (χ0n) is 9.87. The molecule has 0 fully saturated rings. The quantitative estimate of drug-likeness (QED) is 0.398. The van der Waals surface area contributed by atoms with E-state index >= 15 is 0 Å². The summed E-state index contributed by atoms with van der Waals surface area (Å²) in [5.74, 6) is -1.81. The second-order valence-electron chi connectivity index (χ2n) is 4.07. The van der Waals surface area contributed by atoms with Gasteiger partial charge in [-0.1, -0.05) is 32.6 Å². The highest BCUT2D eigenvalue weighted by Gasteiger charge is 2.39. The zero-order chi connectivity index (χ0) is 12.6. The van der Waals surface area contributed by atoms with Gasteiger partial charge in [-0.3, -0.25) is 4.79 Å². The summed E-state index contributed by atoms with van der Waals surface area (Å²) in [6.45, 7) is 1.75. The molecule has 0 aromatic heterocycles. The van der Waals surface area contributed by atoms with E-state index < -0.39 is 17.3 Å². The maximum absolute atomic E-state index is 11.6. The number of carbonyl (C=O) groups excluding carboxylic acids is 1. The highest BCUT2D eigenvalue weighted by molar-refractivity contribution is 6.07. The van der Waals surface area contributed by atoms with Gasteiger partial charge in [-0.05, 0) is 6.42 Å². The van der Waals surface area contributed by atoms with E-state index in [0.717, 1.165) is 25.7 Å². The minimum absolute atomic E-state index is 0.198. The molecule has 0 heterocycles. The molecule has 0 aromatic rings. The molecule has 0 aliphatic heterocycles. The minimum Gasteiger partial charge on any atom is -0.479 e. The number of nitrogens with two attached hydrogens (primary N) is 2. The van der Waals surface area contributed by atoms with Crippen molar-refractivity contribution >= 4 is 11.8 Å². The molecule has 0 amide bonds. The van der Waals surface area contributed by atoms with Crippen LogP contribution in [0.3, 0.4) is 0 Å². The first-order valence-electron chi connectivity index (χ1n) is 5.74. The van der Waals surface area contributed by atoms with Gasteiger partial charge >= 0.3 is 5.97 Å². The molecule has 0 rings (SSSR count). The monoisotopic (exact) mass is 230 g/mol. The van der Waals surface area contributed by atoms with Crippen molar-refractivity contribution in [2.24, 2.45) is 11.5 Å². The normalized spacial score (nSPS) is 14.4. The van der Waals surface area contributed by atoms with Crippen LogP contribution in [0.25, 0.3) is 0 Å². The van der Waals surface area contributed by atoms with Gasteiger partial charge in [0.1, 0.15) is 0 Å². The Labute approximate surface area is 96.2 Å². The highest BCUT2D eigenvalue weighted by atomic mass is 16.4. The van der Waals surface area contributed by atoms with Crippen molar-refractivity contribution in [2.75, 3.05) is 6.54 Å². The molecular weight excluding hydrogens is 208 g/mol. The number of aliphatic carboxylic acids is 1. The van der Waals surface area contributed by atoms with E-state index in [9.17, 15) is 9.59 Å². The molecule has 5 nitrogen and oxygen atoms in total. The molecule has 0 radical (unpaired) electrons. The Hall–Kier alpha value is -0.940. The topological polar surface area (TPSA) is 106 Å². The maximum atomic E-state index is 11.6. The van der Waals surface area contributed by atoms with Crippen molar-refractivity contribution in [3.05, 3.63) is 0 Å². The summed E-state index contributed by atoms with van der Waals surface area (Å²) in [4.78, 5) is 22.4. The second-order valence-corrected chi connectivity index (χ2v) is 4.07. The standard InChI is InChI=1S/C11H22N2O3/c1-2-3-4-5-6-7-9(14)11(13,8-12)10(15)16/h2-8,12-13H2,1H3,(H,15,16). The zero-order valence-corrected chi connectivity index (χ0v) is 9.87. The number of ketones is 1. The van der Waals surface area contributed by atoms with Gasteiger partial charge in [0.05, 0.1) is 0 Å². The summed E-state index contributed by atoms with van der Waals surface area (Å²) in [6.07, 6.45) is 5.15. The van der Waals surface area contributed by atoms with E-state index in [0.29, 0.717) is 6.42 Å². The lowest BCUT2D eigenvalue weighted by Gasteiger charge is -2.20. The van der Waals surface area contributed by atoms with Crippen LogP contribution >= 0.6 is 0 Å². The molecule has 0 saturated heterocycles. The molecule has 0 spiro atoms. The van der Waals surface area contributed by atoms with Gasteiger partial charge < -0.3 is 16.6 Å². The lowest BCUT2D eigenvalue weighted by atomic mass is 9.91. The predicted octanol–water partition coefficient (Wildman–Crippen LogP) is 0.657. The number of Topliss-reactive ketones (excluding diaryl/α,β-unsaturated/α-hetero) is 1. The molecule has 94 valence electrons. The first-order valence-corrected chi connectivity index (χ1v) is 5.74. The van der Waals surface area contributed by atoms with Crippen LogP contribution in [0.5, 0.6) is 0 Å². The van der Waals surface area contributed by atoms with Crippen LogP contribution in [-0.4, -0.2) is 28.9 Å². The molecule has 0 aliphatic rings. The first kappa shape index (κ1) is 15.1. The van der Waals surface area contributed by atoms with Crippen LogP contribution in [0.4, 0.5) is 0 Å². The van der Waals surface area contributed by atoms with Crippen molar-refractivity contribution in [3.63, 3.8) is 0 Å². The van der Waals surface area contributed by atoms with Gasteiger partial charge in [-0.25, -0.2) is 4.79 Å². The Morgan fingerprint density at radius 1 is 1.19 bits per heavy atom. The van der Waals surface area contributed by atoms with Crippen molar-refractivity contribution in [2.45, 2.75) is 51.0 Å². The molecular formula is C11H22N2O3. The van der Waals surface area contributed by atoms with Crippen LogP contribution in [0.15, 0.2) is 0 Å². The summed E-state index contributed by atoms with van der Waals surface area (Å²) in [5.41, 5.74) is 8.79. The third kappa shape index (κ3) is 4.28. The second kappa shape index (κ2) is 7.35. The lowest BCUT2D eigenvalue weighted by molar-refractivity contribution is -0.147. The van der Waals surface area contributed by atoms with Crippen molar-refractivity contribution in [1.29, 1.82) is 0 Å². The third-order valence-corrected chi connectivity index (χ3v) is 2.71. The van der Waals surface area contributed by atoms with Crippen LogP contribution < -0.4 is 11.5 Å². The smallest absolute Gasteiger partial charge is 0.332 e. The van der Waals surface area contributed by atoms with Crippen LogP contribution in [0.1, 0.15) is 45.4 Å². The number of unbranched alkanes of at least 4 members (excludes halogenated alkanes) is 4. The van der Waals surface area contributed by atoms with Crippen LogP contribution in [0, 0.1) is 0 Å². The van der Waals surface area contributed by atoms with E-state index in [4.69, 9.17) is 16.6 Å². The van der Waals surface area contributed by atoms with Gasteiger partial charge in [-0.15, -0.1) is 0 Å². The van der Waals surface area contributed by atoms with Crippen LogP contribution in [-0.2, 0) is 9.59 Å². The third-order valence-electron chi connectivity index (χ3n) is 2.71. The molecule has 16 heavy (non-hydrogen) atoms. The van der Waals surface area contributed by atoms with Gasteiger partial charge in [0.2, 0.25) is 0 Å². The van der Waals surface area contributed by atoms with Gasteiger partial charge in [0, 0.05) is 13.0 Å². The van der Waals surface area contributed by atoms with Crippen molar-refractivity contribution in [3.8, 4) is 0 Å². The average Bonchev–Trinajstić information content (AvgIpc) is 2.27. The summed E-state index contributed by atoms with van der Waals surface area (Å²) >= 11 is 0. The highest BCUT2D eigenvalue weighted by Crippen LogP contribution is 2.10. The lowest BCUT2D eigenvalue weighted by Crippen LogP contribution is -2.60. The fourth-order valence-electron chi connectivity index (χ4n) is 1.43. The molecule has 0 bridgehead atoms. The van der Waals surface area contributed by atoms with Crippen molar-refractivity contribution < 1.29 is 14.7 Å². The molecule has 1 atom stereocenters. The van der Waals surface area contributed by atoms with E-state index in [1.54, 1.807) is 0 Å². The van der Waals surface area contributed by atoms with Crippen LogP contribution in [0.2, 0.25) is 0 Å². The van der Waals surface area contributed by atoms with E-state index in [1.807, 2.05) is 0 Å². The number of rotatable bonds is 9.